The van der Waals surface area contributed by atoms with Gasteiger partial charge in [0.15, 0.2) is 16.9 Å². The summed E-state index contributed by atoms with van der Waals surface area (Å²) in [6.07, 6.45) is 2.19. The molecule has 1 aromatic heterocycles. The van der Waals surface area contributed by atoms with Crippen LogP contribution >= 0.6 is 18.7 Å². The number of nitrogens with zero attached hydrogens (tertiary/aromatic N) is 2. The minimum absolute atomic E-state index is 0.217. The molecule has 10 heteroatoms. The molecule has 3 aromatic rings. The molecule has 0 saturated heterocycles. The molecule has 0 bridgehead atoms. The highest BCUT2D eigenvalue weighted by Gasteiger charge is 2.15. The van der Waals surface area contributed by atoms with Gasteiger partial charge in [-0.3, -0.25) is 0 Å². The largest absolute Gasteiger partial charge is 0.338 e. The van der Waals surface area contributed by atoms with Gasteiger partial charge < -0.3 is 19.8 Å². The Morgan fingerprint density at radius 2 is 1.87 bits per heavy atom. The lowest BCUT2D eigenvalue weighted by molar-refractivity contribution is 0.564. The molecule has 0 aliphatic rings. The third kappa shape index (κ3) is 5.26. The van der Waals surface area contributed by atoms with Crippen molar-refractivity contribution in [1.82, 2.24) is 9.97 Å². The highest BCUT2D eigenvalue weighted by Crippen LogP contribution is 2.36. The summed E-state index contributed by atoms with van der Waals surface area (Å²) in [7, 11) is -2.36. The van der Waals surface area contributed by atoms with Gasteiger partial charge in [-0.2, -0.15) is 4.98 Å². The molecule has 7 nitrogen and oxygen atoms in total. The number of anilines is 4. The number of hydrogen-bond donors (Lipinski definition) is 3. The van der Waals surface area contributed by atoms with Gasteiger partial charge in [0.25, 0.3) is 0 Å². The lowest BCUT2D eigenvalue weighted by atomic mass is 10.1. The zero-order chi connectivity index (χ0) is 21.9. The Morgan fingerprint density at radius 3 is 2.53 bits per heavy atom. The summed E-state index contributed by atoms with van der Waals surface area (Å²) < 4.78 is 33.4. The topological polar surface area (TPSA) is 104 Å². The van der Waals surface area contributed by atoms with Gasteiger partial charge in [0, 0.05) is 11.0 Å². The lowest BCUT2D eigenvalue weighted by Crippen LogP contribution is -2.08. The molecule has 0 fully saturated rings. The fourth-order valence-corrected chi connectivity index (χ4v) is 4.36. The van der Waals surface area contributed by atoms with Crippen molar-refractivity contribution in [2.45, 2.75) is 18.2 Å². The van der Waals surface area contributed by atoms with Crippen molar-refractivity contribution in [2.24, 2.45) is 0 Å². The van der Waals surface area contributed by atoms with Crippen molar-refractivity contribution >= 4 is 58.3 Å². The SMILES string of the molecule is CCc1cc(P(C)(C)=O)ccc1Nc1ncc(Cl)c(Nc2ccccc2S(=O)O)n1. The Bertz CT molecular complexity index is 1150. The fourth-order valence-electron chi connectivity index (χ4n) is 2.81. The second kappa shape index (κ2) is 9.27. The predicted molar refractivity (Wildman–Crippen MR) is 124 cm³/mol. The van der Waals surface area contributed by atoms with E-state index in [2.05, 4.69) is 20.6 Å². The van der Waals surface area contributed by atoms with Crippen LogP contribution in [0.3, 0.4) is 0 Å². The van der Waals surface area contributed by atoms with Gasteiger partial charge >= 0.3 is 0 Å². The zero-order valence-corrected chi connectivity index (χ0v) is 19.2. The van der Waals surface area contributed by atoms with E-state index in [0.717, 1.165) is 23.0 Å². The fraction of sp³-hybridized carbons (Fsp3) is 0.200. The Kier molecular flexibility index (Phi) is 6.93. The maximum absolute atomic E-state index is 12.4. The summed E-state index contributed by atoms with van der Waals surface area (Å²) in [6, 6.07) is 12.3. The van der Waals surface area contributed by atoms with E-state index in [1.54, 1.807) is 37.6 Å². The molecule has 1 atom stereocenters. The van der Waals surface area contributed by atoms with E-state index in [-0.39, 0.29) is 9.92 Å². The lowest BCUT2D eigenvalue weighted by Gasteiger charge is -2.15. The monoisotopic (exact) mass is 464 g/mol. The summed E-state index contributed by atoms with van der Waals surface area (Å²) in [5.41, 5.74) is 2.22. The van der Waals surface area contributed by atoms with E-state index in [1.807, 2.05) is 25.1 Å². The third-order valence-corrected chi connectivity index (χ3v) is 6.94. The average Bonchev–Trinajstić information content (AvgIpc) is 2.70. The van der Waals surface area contributed by atoms with Crippen LogP contribution in [0.15, 0.2) is 53.6 Å². The maximum Gasteiger partial charge on any atom is 0.229 e. The van der Waals surface area contributed by atoms with Gasteiger partial charge in [-0.05, 0) is 55.6 Å². The molecule has 0 amide bonds. The van der Waals surface area contributed by atoms with Crippen molar-refractivity contribution in [3.8, 4) is 0 Å². The van der Waals surface area contributed by atoms with Crippen molar-refractivity contribution in [3.05, 3.63) is 59.2 Å². The number of benzene rings is 2. The Hall–Kier alpha value is -2.25. The van der Waals surface area contributed by atoms with E-state index >= 15 is 0 Å². The van der Waals surface area contributed by atoms with E-state index in [0.29, 0.717) is 17.5 Å². The molecule has 30 heavy (non-hydrogen) atoms. The predicted octanol–water partition coefficient (Wildman–Crippen LogP) is 5.01. The number of nitrogens with one attached hydrogen (secondary N) is 2. The normalized spacial score (nSPS) is 12.4. The van der Waals surface area contributed by atoms with Crippen molar-refractivity contribution in [1.29, 1.82) is 0 Å². The molecule has 1 heterocycles. The van der Waals surface area contributed by atoms with Crippen molar-refractivity contribution in [2.75, 3.05) is 24.0 Å². The first-order chi connectivity index (χ1) is 14.2. The standard InChI is InChI=1S/C20H22ClN4O3PS/c1-4-13-11-14(29(2,3)26)9-10-16(13)24-20-22-12-15(21)19(25-20)23-17-7-5-6-8-18(17)30(27)28/h5-12H,4H2,1-3H3,(H,27,28)(H2,22,23,24,25). The summed E-state index contributed by atoms with van der Waals surface area (Å²) in [5.74, 6) is 0.608. The van der Waals surface area contributed by atoms with Gasteiger partial charge in [-0.25, -0.2) is 9.19 Å². The molecule has 158 valence electrons. The van der Waals surface area contributed by atoms with Crippen LogP contribution < -0.4 is 15.9 Å². The highest BCUT2D eigenvalue weighted by atomic mass is 35.5. The van der Waals surface area contributed by atoms with E-state index in [9.17, 15) is 13.3 Å². The summed E-state index contributed by atoms with van der Waals surface area (Å²) in [6.45, 7) is 5.50. The molecule has 0 saturated carbocycles. The molecule has 0 aliphatic heterocycles. The Balaban J connectivity index is 1.91. The maximum atomic E-state index is 12.4. The number of aromatic nitrogens is 2. The van der Waals surface area contributed by atoms with Gasteiger partial charge in [0.05, 0.1) is 16.8 Å². The number of para-hydroxylation sites is 1. The number of rotatable bonds is 7. The minimum atomic E-state index is -2.36. The van der Waals surface area contributed by atoms with E-state index in [4.69, 9.17) is 11.6 Å². The highest BCUT2D eigenvalue weighted by molar-refractivity contribution is 7.79. The van der Waals surface area contributed by atoms with E-state index in [1.165, 1.54) is 6.20 Å². The second-order valence-corrected chi connectivity index (χ2v) is 11.5. The summed E-state index contributed by atoms with van der Waals surface area (Å²) in [5, 5.41) is 7.25. The van der Waals surface area contributed by atoms with Gasteiger partial charge in [0.1, 0.15) is 12.2 Å². The smallest absolute Gasteiger partial charge is 0.229 e. The summed E-state index contributed by atoms with van der Waals surface area (Å²) >= 11 is 4.07. The first-order valence-corrected chi connectivity index (χ1v) is 13.2. The van der Waals surface area contributed by atoms with Crippen LogP contribution in [0, 0.1) is 0 Å². The van der Waals surface area contributed by atoms with Crippen LogP contribution in [-0.4, -0.2) is 32.1 Å². The molecule has 3 rings (SSSR count). The minimum Gasteiger partial charge on any atom is -0.338 e. The Labute approximate surface area is 183 Å². The average molecular weight is 465 g/mol. The van der Waals surface area contributed by atoms with Crippen molar-refractivity contribution in [3.63, 3.8) is 0 Å². The van der Waals surface area contributed by atoms with Gasteiger partial charge in [0.2, 0.25) is 5.95 Å². The first-order valence-electron chi connectivity index (χ1n) is 9.14. The molecule has 1 unspecified atom stereocenters. The number of aryl methyl sites for hydroxylation is 1. The number of hydrogen-bond acceptors (Lipinski definition) is 6. The number of halogens is 1. The van der Waals surface area contributed by atoms with Crippen LogP contribution in [0.4, 0.5) is 23.1 Å². The molecule has 2 aromatic carbocycles. The summed E-state index contributed by atoms with van der Waals surface area (Å²) in [4.78, 5) is 8.85. The van der Waals surface area contributed by atoms with Crippen LogP contribution in [0.2, 0.25) is 5.02 Å². The first kappa shape index (κ1) is 22.4. The van der Waals surface area contributed by atoms with E-state index < -0.39 is 18.2 Å². The van der Waals surface area contributed by atoms with Gasteiger partial charge in [-0.1, -0.05) is 30.7 Å². The Morgan fingerprint density at radius 1 is 1.13 bits per heavy atom. The quantitative estimate of drug-likeness (QED) is 0.333. The molecule has 0 aliphatic carbocycles. The zero-order valence-electron chi connectivity index (χ0n) is 16.7. The molecule has 3 N–H and O–H groups in total. The molecule has 0 spiro atoms. The molecular weight excluding hydrogens is 443 g/mol. The van der Waals surface area contributed by atoms with Crippen molar-refractivity contribution < 1.29 is 13.3 Å². The van der Waals surface area contributed by atoms with Gasteiger partial charge in [-0.15, -0.1) is 0 Å². The molecular formula is C20H22ClN4O3PS. The van der Waals surface area contributed by atoms with Crippen LogP contribution in [0.1, 0.15) is 12.5 Å². The van der Waals surface area contributed by atoms with Crippen LogP contribution in [0.25, 0.3) is 0 Å². The second-order valence-electron chi connectivity index (χ2n) is 6.93. The van der Waals surface area contributed by atoms with Crippen LogP contribution in [-0.2, 0) is 22.1 Å². The third-order valence-electron chi connectivity index (χ3n) is 4.41. The molecule has 0 radical (unpaired) electrons. The van der Waals surface area contributed by atoms with Crippen LogP contribution in [0.5, 0.6) is 0 Å².